The van der Waals surface area contributed by atoms with E-state index in [4.69, 9.17) is 25.8 Å². The maximum atomic E-state index is 11.7. The Morgan fingerprint density at radius 2 is 1.82 bits per heavy atom. The number of hydrogen-bond donors (Lipinski definition) is 0. The van der Waals surface area contributed by atoms with E-state index in [9.17, 15) is 10.1 Å². The number of benzene rings is 3. The first kappa shape index (κ1) is 28.7. The second-order valence-corrected chi connectivity index (χ2v) is 10.8. The lowest BCUT2D eigenvalue weighted by Gasteiger charge is -2.19. The summed E-state index contributed by atoms with van der Waals surface area (Å²) in [4.78, 5) is 11.4. The van der Waals surface area contributed by atoms with Crippen molar-refractivity contribution in [2.24, 2.45) is 0 Å². The zero-order valence-corrected chi connectivity index (χ0v) is 24.6. The highest BCUT2D eigenvalue weighted by Gasteiger charge is 2.26. The van der Waals surface area contributed by atoms with E-state index in [0.717, 1.165) is 17.0 Å². The average molecular weight is 634 g/mol. The molecule has 4 rings (SSSR count). The van der Waals surface area contributed by atoms with Crippen LogP contribution in [0, 0.1) is 17.0 Å². The van der Waals surface area contributed by atoms with Crippen molar-refractivity contribution in [2.45, 2.75) is 30.9 Å². The summed E-state index contributed by atoms with van der Waals surface area (Å²) in [5.74, 6) is 2.37. The van der Waals surface area contributed by atoms with Gasteiger partial charge in [0.25, 0.3) is 0 Å². The molecule has 0 fully saturated rings. The van der Waals surface area contributed by atoms with Gasteiger partial charge in [-0.2, -0.15) is 0 Å². The van der Waals surface area contributed by atoms with Gasteiger partial charge in [0.15, 0.2) is 16.7 Å². The monoisotopic (exact) mass is 632 g/mol. The first-order valence-electron chi connectivity index (χ1n) is 12.0. The molecule has 0 aliphatic rings. The molecule has 4 aromatic rings. The van der Waals surface area contributed by atoms with E-state index in [2.05, 4.69) is 26.1 Å². The maximum Gasteiger partial charge on any atom is 0.220 e. The Bertz CT molecular complexity index is 1430. The van der Waals surface area contributed by atoms with Gasteiger partial charge in [-0.3, -0.25) is 14.7 Å². The summed E-state index contributed by atoms with van der Waals surface area (Å²) in [5.41, 5.74) is 2.45. The molecule has 9 nitrogen and oxygen atoms in total. The number of nitrogens with zero attached hydrogens (tertiary/aromatic N) is 4. The second kappa shape index (κ2) is 13.2. The summed E-state index contributed by atoms with van der Waals surface area (Å²) in [7, 11) is 1.60. The lowest BCUT2D eigenvalue weighted by molar-refractivity contribution is -0.479. The van der Waals surface area contributed by atoms with E-state index >= 15 is 0 Å². The van der Waals surface area contributed by atoms with Crippen LogP contribution in [0.2, 0.25) is 5.02 Å². The third kappa shape index (κ3) is 7.23. The second-order valence-electron chi connectivity index (χ2n) is 8.36. The smallest absolute Gasteiger partial charge is 0.220 e. The summed E-state index contributed by atoms with van der Waals surface area (Å²) < 4.78 is 19.7. The van der Waals surface area contributed by atoms with Crippen LogP contribution in [0.15, 0.2) is 70.3 Å². The van der Waals surface area contributed by atoms with Crippen molar-refractivity contribution in [3.05, 3.63) is 97.2 Å². The molecule has 0 radical (unpaired) electrons. The van der Waals surface area contributed by atoms with Gasteiger partial charge in [0, 0.05) is 15.6 Å². The van der Waals surface area contributed by atoms with Crippen molar-refractivity contribution >= 4 is 39.3 Å². The molecule has 0 N–H and O–H groups in total. The molecule has 0 bridgehead atoms. The minimum atomic E-state index is -0.582. The van der Waals surface area contributed by atoms with Crippen LogP contribution in [-0.2, 0) is 6.61 Å². The minimum absolute atomic E-state index is 0.298. The molecule has 1 atom stereocenters. The quantitative estimate of drug-likeness (QED) is 0.0926. The molecule has 0 spiro atoms. The molecular weight excluding hydrogens is 608 g/mol. The molecular formula is C27H26BrClN4O5S. The van der Waals surface area contributed by atoms with Gasteiger partial charge in [-0.1, -0.05) is 35.5 Å². The lowest BCUT2D eigenvalue weighted by atomic mass is 10.1. The molecule has 39 heavy (non-hydrogen) atoms. The van der Waals surface area contributed by atoms with Gasteiger partial charge in [0.1, 0.15) is 23.4 Å². The summed E-state index contributed by atoms with van der Waals surface area (Å²) in [6, 6.07) is 18.4. The summed E-state index contributed by atoms with van der Waals surface area (Å²) >= 11 is 10.8. The van der Waals surface area contributed by atoms with Gasteiger partial charge in [0.2, 0.25) is 6.54 Å². The van der Waals surface area contributed by atoms with Crippen LogP contribution in [0.4, 0.5) is 0 Å². The fraction of sp³-hybridized carbons (Fsp3) is 0.259. The molecule has 0 unspecified atom stereocenters. The predicted octanol–water partition coefficient (Wildman–Crippen LogP) is 7.09. The Kier molecular flexibility index (Phi) is 9.71. The standard InChI is InChI=1S/C27H26BrClN4O5S/c1-4-37-24-14-19(13-23(28)26(24)38-16-18-5-7-20(29)8-6-18)25(15-32(34)35)39-27-31-30-17(2)33(27)21-9-11-22(36-3)12-10-21/h5-14,25H,4,15-16H2,1-3H3/t25-/m1/s1. The van der Waals surface area contributed by atoms with Crippen molar-refractivity contribution in [1.82, 2.24) is 14.8 Å². The molecule has 12 heteroatoms. The molecule has 3 aromatic carbocycles. The minimum Gasteiger partial charge on any atom is -0.497 e. The number of rotatable bonds is 12. The Labute approximate surface area is 243 Å². The van der Waals surface area contributed by atoms with E-state index in [1.165, 1.54) is 11.8 Å². The highest BCUT2D eigenvalue weighted by atomic mass is 79.9. The van der Waals surface area contributed by atoms with Gasteiger partial charge < -0.3 is 14.2 Å². The number of aromatic nitrogens is 3. The third-order valence-corrected chi connectivity index (χ3v) is 7.71. The number of thioether (sulfide) groups is 1. The lowest BCUT2D eigenvalue weighted by Crippen LogP contribution is -2.12. The first-order chi connectivity index (χ1) is 18.8. The van der Waals surface area contributed by atoms with Gasteiger partial charge in [-0.25, -0.2) is 0 Å². The number of halogens is 2. The molecule has 0 saturated carbocycles. The highest BCUT2D eigenvalue weighted by Crippen LogP contribution is 2.43. The van der Waals surface area contributed by atoms with Gasteiger partial charge in [0.05, 0.1) is 18.2 Å². The first-order valence-corrected chi connectivity index (χ1v) is 14.0. The summed E-state index contributed by atoms with van der Waals surface area (Å²) in [6.07, 6.45) is 0. The predicted molar refractivity (Wildman–Crippen MR) is 154 cm³/mol. The van der Waals surface area contributed by atoms with E-state index in [1.54, 1.807) is 25.3 Å². The molecule has 0 amide bonds. The highest BCUT2D eigenvalue weighted by molar-refractivity contribution is 9.10. The summed E-state index contributed by atoms with van der Waals surface area (Å²) in [5, 5.41) is 20.8. The molecule has 0 aliphatic heterocycles. The van der Waals surface area contributed by atoms with E-state index < -0.39 is 5.25 Å². The summed E-state index contributed by atoms with van der Waals surface area (Å²) in [6.45, 7) is 4.06. The van der Waals surface area contributed by atoms with Crippen LogP contribution in [0.5, 0.6) is 17.2 Å². The third-order valence-electron chi connectivity index (χ3n) is 5.69. The molecule has 1 heterocycles. The van der Waals surface area contributed by atoms with Crippen LogP contribution < -0.4 is 14.2 Å². The number of nitro groups is 1. The van der Waals surface area contributed by atoms with Crippen molar-refractivity contribution in [3.63, 3.8) is 0 Å². The van der Waals surface area contributed by atoms with E-state index in [1.807, 2.05) is 60.9 Å². The Balaban J connectivity index is 1.66. The fourth-order valence-corrected chi connectivity index (χ4v) is 5.69. The normalized spacial score (nSPS) is 11.7. The van der Waals surface area contributed by atoms with Crippen LogP contribution >= 0.6 is 39.3 Å². The number of methoxy groups -OCH3 is 1. The average Bonchev–Trinajstić information content (AvgIpc) is 3.28. The molecule has 0 aliphatic carbocycles. The number of ether oxygens (including phenoxy) is 3. The van der Waals surface area contributed by atoms with Crippen LogP contribution in [0.3, 0.4) is 0 Å². The number of aryl methyl sites for hydroxylation is 1. The zero-order chi connectivity index (χ0) is 27.9. The SMILES string of the molecule is CCOc1cc([C@@H](C[N+](=O)[O-])Sc2nnc(C)n2-c2ccc(OC)cc2)cc(Br)c1OCc1ccc(Cl)cc1. The molecule has 204 valence electrons. The Morgan fingerprint density at radius 3 is 2.46 bits per heavy atom. The van der Waals surface area contributed by atoms with Crippen LogP contribution in [0.1, 0.15) is 29.1 Å². The van der Waals surface area contributed by atoms with Crippen molar-refractivity contribution in [2.75, 3.05) is 20.3 Å². The fourth-order valence-electron chi connectivity index (χ4n) is 3.83. The van der Waals surface area contributed by atoms with Crippen LogP contribution in [-0.4, -0.2) is 39.9 Å². The molecule has 0 saturated heterocycles. The van der Waals surface area contributed by atoms with Gasteiger partial charge in [-0.05, 0) is 89.4 Å². The van der Waals surface area contributed by atoms with E-state index in [-0.39, 0.29) is 11.5 Å². The topological polar surface area (TPSA) is 102 Å². The van der Waals surface area contributed by atoms with Crippen molar-refractivity contribution < 1.29 is 19.1 Å². The largest absolute Gasteiger partial charge is 0.497 e. The zero-order valence-electron chi connectivity index (χ0n) is 21.5. The Morgan fingerprint density at radius 1 is 1.10 bits per heavy atom. The number of hydrogen-bond acceptors (Lipinski definition) is 8. The van der Waals surface area contributed by atoms with Gasteiger partial charge >= 0.3 is 0 Å². The van der Waals surface area contributed by atoms with Crippen molar-refractivity contribution in [3.8, 4) is 22.9 Å². The van der Waals surface area contributed by atoms with Gasteiger partial charge in [-0.15, -0.1) is 10.2 Å². The van der Waals surface area contributed by atoms with Crippen molar-refractivity contribution in [1.29, 1.82) is 0 Å². The van der Waals surface area contributed by atoms with Crippen LogP contribution in [0.25, 0.3) is 5.69 Å². The van der Waals surface area contributed by atoms with E-state index in [0.29, 0.717) is 50.8 Å². The maximum absolute atomic E-state index is 11.7. The molecule has 1 aromatic heterocycles. The Hall–Kier alpha value is -3.28.